The van der Waals surface area contributed by atoms with E-state index < -0.39 is 5.60 Å². The van der Waals surface area contributed by atoms with E-state index >= 15 is 0 Å². The molecule has 0 aromatic heterocycles. The van der Waals surface area contributed by atoms with Crippen molar-refractivity contribution in [3.8, 4) is 5.75 Å². The SMILES string of the molecule is CC(C)(C)OC(=O)N1CCOc2ccc(Br)cc2S1. The van der Waals surface area contributed by atoms with Crippen LogP contribution in [0, 0.1) is 0 Å². The molecule has 1 aromatic carbocycles. The molecule has 0 unspecified atom stereocenters. The third kappa shape index (κ3) is 4.04. The monoisotopic (exact) mass is 345 g/mol. The number of carbonyl (C=O) groups excluding carboxylic acids is 1. The number of hydrogen-bond acceptors (Lipinski definition) is 4. The van der Waals surface area contributed by atoms with Crippen molar-refractivity contribution in [3.63, 3.8) is 0 Å². The van der Waals surface area contributed by atoms with E-state index in [1.54, 1.807) is 4.31 Å². The number of nitrogens with zero attached hydrogens (tertiary/aromatic N) is 1. The summed E-state index contributed by atoms with van der Waals surface area (Å²) in [6, 6.07) is 5.75. The summed E-state index contributed by atoms with van der Waals surface area (Å²) in [5, 5.41) is 0. The topological polar surface area (TPSA) is 38.8 Å². The van der Waals surface area contributed by atoms with Crippen LogP contribution in [0.5, 0.6) is 5.75 Å². The van der Waals surface area contributed by atoms with E-state index in [0.29, 0.717) is 13.2 Å². The van der Waals surface area contributed by atoms with Gasteiger partial charge in [0.25, 0.3) is 0 Å². The third-order valence-corrected chi connectivity index (χ3v) is 3.82. The molecule has 1 aliphatic rings. The standard InChI is InChI=1S/C13H16BrNO3S/c1-13(2,3)18-12(16)15-6-7-17-10-5-4-9(14)8-11(10)19-15/h4-5,8H,6-7H2,1-3H3. The Kier molecular flexibility index (Phi) is 4.30. The summed E-state index contributed by atoms with van der Waals surface area (Å²) in [4.78, 5) is 13.0. The fourth-order valence-electron chi connectivity index (χ4n) is 1.52. The molecule has 2 rings (SSSR count). The quantitative estimate of drug-likeness (QED) is 0.664. The van der Waals surface area contributed by atoms with Crippen molar-refractivity contribution in [2.75, 3.05) is 13.2 Å². The zero-order valence-electron chi connectivity index (χ0n) is 11.1. The molecule has 4 nitrogen and oxygen atoms in total. The lowest BCUT2D eigenvalue weighted by Crippen LogP contribution is -2.34. The Hall–Kier alpha value is -0.880. The number of ether oxygens (including phenoxy) is 2. The number of carbonyl (C=O) groups is 1. The van der Waals surface area contributed by atoms with Gasteiger partial charge in [-0.05, 0) is 50.9 Å². The van der Waals surface area contributed by atoms with Crippen molar-refractivity contribution in [1.29, 1.82) is 0 Å². The Morgan fingerprint density at radius 2 is 2.21 bits per heavy atom. The smallest absolute Gasteiger partial charge is 0.420 e. The van der Waals surface area contributed by atoms with Gasteiger partial charge in [0.2, 0.25) is 0 Å². The molecule has 0 bridgehead atoms. The van der Waals surface area contributed by atoms with Gasteiger partial charge in [0, 0.05) is 4.47 Å². The number of halogens is 1. The lowest BCUT2D eigenvalue weighted by Gasteiger charge is -2.25. The predicted octanol–water partition coefficient (Wildman–Crippen LogP) is 4.09. The fourth-order valence-corrected chi connectivity index (χ4v) is 2.94. The summed E-state index contributed by atoms with van der Waals surface area (Å²) in [6.07, 6.45) is -0.339. The summed E-state index contributed by atoms with van der Waals surface area (Å²) >= 11 is 4.76. The number of fused-ring (bicyclic) bond motifs is 1. The zero-order valence-corrected chi connectivity index (χ0v) is 13.5. The first-order valence-corrected chi connectivity index (χ1v) is 7.53. The molecule has 0 radical (unpaired) electrons. The van der Waals surface area contributed by atoms with Crippen molar-refractivity contribution in [1.82, 2.24) is 4.31 Å². The predicted molar refractivity (Wildman–Crippen MR) is 78.4 cm³/mol. The van der Waals surface area contributed by atoms with Gasteiger partial charge in [-0.3, -0.25) is 0 Å². The van der Waals surface area contributed by atoms with E-state index in [1.165, 1.54) is 11.9 Å². The van der Waals surface area contributed by atoms with Crippen molar-refractivity contribution in [3.05, 3.63) is 22.7 Å². The second kappa shape index (κ2) is 5.63. The minimum Gasteiger partial charge on any atom is -0.490 e. The molecule has 0 N–H and O–H groups in total. The average Bonchev–Trinajstić information content (AvgIpc) is 2.48. The molecule has 0 atom stereocenters. The van der Waals surface area contributed by atoms with Crippen LogP contribution in [-0.4, -0.2) is 29.2 Å². The minimum atomic E-state index is -0.495. The van der Waals surface area contributed by atoms with Crippen molar-refractivity contribution in [2.45, 2.75) is 31.3 Å². The van der Waals surface area contributed by atoms with Gasteiger partial charge >= 0.3 is 6.09 Å². The number of amides is 1. The van der Waals surface area contributed by atoms with Crippen LogP contribution >= 0.6 is 27.9 Å². The molecular weight excluding hydrogens is 330 g/mol. The van der Waals surface area contributed by atoms with Crippen LogP contribution in [0.15, 0.2) is 27.6 Å². The molecule has 104 valence electrons. The van der Waals surface area contributed by atoms with Crippen LogP contribution in [0.1, 0.15) is 20.8 Å². The van der Waals surface area contributed by atoms with Gasteiger partial charge in [0.1, 0.15) is 18.0 Å². The molecular formula is C13H16BrNO3S. The maximum atomic E-state index is 12.1. The van der Waals surface area contributed by atoms with Crippen LogP contribution < -0.4 is 4.74 Å². The molecule has 1 aromatic rings. The molecule has 0 aliphatic carbocycles. The lowest BCUT2D eigenvalue weighted by atomic mass is 10.2. The summed E-state index contributed by atoms with van der Waals surface area (Å²) in [5.74, 6) is 0.791. The summed E-state index contributed by atoms with van der Waals surface area (Å²) in [6.45, 7) is 6.52. The Morgan fingerprint density at radius 1 is 1.47 bits per heavy atom. The molecule has 19 heavy (non-hydrogen) atoms. The minimum absolute atomic E-state index is 0.339. The fraction of sp³-hybridized carbons (Fsp3) is 0.462. The number of benzene rings is 1. The van der Waals surface area contributed by atoms with E-state index in [2.05, 4.69) is 15.9 Å². The van der Waals surface area contributed by atoms with Gasteiger partial charge in [-0.1, -0.05) is 15.9 Å². The number of hydrogen-bond donors (Lipinski definition) is 0. The van der Waals surface area contributed by atoms with Crippen LogP contribution in [0.2, 0.25) is 0 Å². The average molecular weight is 346 g/mol. The van der Waals surface area contributed by atoms with Crippen LogP contribution in [-0.2, 0) is 4.74 Å². The Labute approximate surface area is 125 Å². The maximum absolute atomic E-state index is 12.1. The first-order valence-electron chi connectivity index (χ1n) is 5.96. The largest absolute Gasteiger partial charge is 0.490 e. The Morgan fingerprint density at radius 3 is 2.89 bits per heavy atom. The van der Waals surface area contributed by atoms with E-state index in [1.807, 2.05) is 39.0 Å². The molecule has 0 fully saturated rings. The van der Waals surface area contributed by atoms with Gasteiger partial charge in [-0.2, -0.15) is 0 Å². The van der Waals surface area contributed by atoms with Crippen molar-refractivity contribution in [2.24, 2.45) is 0 Å². The van der Waals surface area contributed by atoms with Gasteiger partial charge < -0.3 is 9.47 Å². The van der Waals surface area contributed by atoms with Gasteiger partial charge in [-0.25, -0.2) is 9.10 Å². The third-order valence-electron chi connectivity index (χ3n) is 2.26. The lowest BCUT2D eigenvalue weighted by molar-refractivity contribution is 0.0394. The van der Waals surface area contributed by atoms with Gasteiger partial charge in [-0.15, -0.1) is 0 Å². The highest BCUT2D eigenvalue weighted by molar-refractivity contribution is 9.10. The molecule has 0 saturated heterocycles. The molecule has 6 heteroatoms. The van der Waals surface area contributed by atoms with Crippen LogP contribution in [0.3, 0.4) is 0 Å². The molecule has 1 heterocycles. The molecule has 1 aliphatic heterocycles. The Bertz CT molecular complexity index is 487. The zero-order chi connectivity index (χ0) is 14.0. The summed E-state index contributed by atoms with van der Waals surface area (Å²) < 4.78 is 13.5. The first kappa shape index (κ1) is 14.5. The molecule has 0 saturated carbocycles. The highest BCUT2D eigenvalue weighted by Gasteiger charge is 2.26. The van der Waals surface area contributed by atoms with Gasteiger partial charge in [0.05, 0.1) is 11.4 Å². The van der Waals surface area contributed by atoms with Crippen molar-refractivity contribution < 1.29 is 14.3 Å². The van der Waals surface area contributed by atoms with Crippen LogP contribution in [0.25, 0.3) is 0 Å². The molecule has 1 amide bonds. The summed E-state index contributed by atoms with van der Waals surface area (Å²) in [7, 11) is 0. The second-order valence-corrected chi connectivity index (χ2v) is 7.09. The maximum Gasteiger partial charge on any atom is 0.420 e. The number of rotatable bonds is 0. The van der Waals surface area contributed by atoms with E-state index in [0.717, 1.165) is 15.1 Å². The van der Waals surface area contributed by atoms with E-state index in [-0.39, 0.29) is 6.09 Å². The second-order valence-electron chi connectivity index (χ2n) is 5.11. The van der Waals surface area contributed by atoms with E-state index in [9.17, 15) is 4.79 Å². The molecule has 0 spiro atoms. The van der Waals surface area contributed by atoms with Gasteiger partial charge in [0.15, 0.2) is 0 Å². The highest BCUT2D eigenvalue weighted by Crippen LogP contribution is 2.36. The first-order chi connectivity index (χ1) is 8.85. The van der Waals surface area contributed by atoms with Crippen molar-refractivity contribution >= 4 is 34.0 Å². The Balaban J connectivity index is 2.15. The van der Waals surface area contributed by atoms with Crippen LogP contribution in [0.4, 0.5) is 4.79 Å². The van der Waals surface area contributed by atoms with E-state index in [4.69, 9.17) is 9.47 Å². The normalized spacial score (nSPS) is 15.3. The summed E-state index contributed by atoms with van der Waals surface area (Å²) in [5.41, 5.74) is -0.495. The highest BCUT2D eigenvalue weighted by atomic mass is 79.9.